The van der Waals surface area contributed by atoms with E-state index in [-0.39, 0.29) is 36.2 Å². The molecule has 0 saturated carbocycles. The quantitative estimate of drug-likeness (QED) is 0.0909. The molecule has 382 valence electrons. The van der Waals surface area contributed by atoms with Crippen LogP contribution in [0.5, 0.6) is 57.5 Å². The van der Waals surface area contributed by atoms with Gasteiger partial charge in [-0.15, -0.1) is 0 Å². The molecule has 2 aliphatic rings. The van der Waals surface area contributed by atoms with Crippen LogP contribution in [-0.2, 0) is 9.13 Å². The molecule has 6 aromatic carbocycles. The van der Waals surface area contributed by atoms with Crippen molar-refractivity contribution < 1.29 is 56.5 Å². The lowest BCUT2D eigenvalue weighted by Crippen LogP contribution is -2.31. The fourth-order valence-electron chi connectivity index (χ4n) is 10.7. The molecule has 2 aliphatic heterocycles. The first kappa shape index (κ1) is 52.1. The molecule has 0 N–H and O–H groups in total. The zero-order valence-corrected chi connectivity index (χ0v) is 46.8. The highest BCUT2D eigenvalue weighted by Gasteiger charge is 2.48. The zero-order chi connectivity index (χ0) is 52.6. The number of aryl methyl sites for hydroxylation is 8. The van der Waals surface area contributed by atoms with Gasteiger partial charge in [-0.1, -0.05) is 0 Å². The summed E-state index contributed by atoms with van der Waals surface area (Å²) in [6.45, 7) is 27.0. The summed E-state index contributed by atoms with van der Waals surface area (Å²) >= 11 is 0. The van der Waals surface area contributed by atoms with Gasteiger partial charge in [0, 0.05) is 65.3 Å². The van der Waals surface area contributed by atoms with Crippen LogP contribution >= 0.6 is 14.3 Å². The molecule has 0 bridgehead atoms. The summed E-state index contributed by atoms with van der Waals surface area (Å²) in [5.41, 5.74) is 7.12. The lowest BCUT2D eigenvalue weighted by molar-refractivity contribution is -0.0450. The summed E-state index contributed by atoms with van der Waals surface area (Å²) in [6.07, 6.45) is 0. The highest BCUT2D eigenvalue weighted by atomic mass is 31.2. The lowest BCUT2D eigenvalue weighted by Gasteiger charge is -2.29. The van der Waals surface area contributed by atoms with Gasteiger partial charge >= 0.3 is 0 Å². The maximum atomic E-state index is 17.7. The highest BCUT2D eigenvalue weighted by Crippen LogP contribution is 2.62. The molecule has 0 fully saturated rings. The molecule has 8 rings (SSSR count). The average molecular weight is 1020 g/mol. The molecule has 2 heterocycles. The SMILES string of the molecule is CCOc1cc(P(=O)(c2cc(C)c(OC)c(C)c2)c2cc(C)c(OC)c(C)c2)c(-c2cc(P(=O)(c3cc(C)c(OC)c(C)c3)c3cc(C)c(OC)c(C)c3)c(OCC)c3c2OC(C)(C)O3)c2c1OC(C)(C)O2. The minimum absolute atomic E-state index is 0.195. The number of methoxy groups -OCH3 is 4. The number of benzene rings is 6. The predicted molar refractivity (Wildman–Crippen MR) is 288 cm³/mol. The Hall–Kier alpha value is -6.22. The largest absolute Gasteiger partial charge is 0.496 e. The highest BCUT2D eigenvalue weighted by molar-refractivity contribution is 7.86. The third-order valence-corrected chi connectivity index (χ3v) is 19.3. The summed E-state index contributed by atoms with van der Waals surface area (Å²) in [4.78, 5) is 0. The van der Waals surface area contributed by atoms with Crippen molar-refractivity contribution >= 4 is 46.1 Å². The maximum absolute atomic E-state index is 17.7. The van der Waals surface area contributed by atoms with Crippen molar-refractivity contribution in [3.05, 3.63) is 105 Å². The Morgan fingerprint density at radius 2 is 0.722 bits per heavy atom. The van der Waals surface area contributed by atoms with Gasteiger partial charge in [0.15, 0.2) is 37.3 Å². The van der Waals surface area contributed by atoms with Crippen molar-refractivity contribution in [1.29, 1.82) is 0 Å². The Bertz CT molecular complexity index is 3060. The van der Waals surface area contributed by atoms with Gasteiger partial charge in [0.2, 0.25) is 23.1 Å². The lowest BCUT2D eigenvalue weighted by atomic mass is 10.0. The fourth-order valence-corrected chi connectivity index (χ4v) is 17.0. The molecule has 0 radical (unpaired) electrons. The van der Waals surface area contributed by atoms with Crippen LogP contribution in [0, 0.1) is 55.4 Å². The van der Waals surface area contributed by atoms with Crippen LogP contribution in [0.3, 0.4) is 0 Å². The van der Waals surface area contributed by atoms with Gasteiger partial charge in [0.1, 0.15) is 23.0 Å². The summed E-state index contributed by atoms with van der Waals surface area (Å²) in [5.74, 6) is 1.92. The molecule has 0 aromatic heterocycles. The second-order valence-corrected chi connectivity index (χ2v) is 25.1. The summed E-state index contributed by atoms with van der Waals surface area (Å²) in [5, 5.41) is 2.80. The van der Waals surface area contributed by atoms with E-state index in [4.69, 9.17) is 47.4 Å². The third-order valence-electron chi connectivity index (χ3n) is 13.3. The second-order valence-electron chi connectivity index (χ2n) is 19.6. The molecule has 0 amide bonds. The van der Waals surface area contributed by atoms with Gasteiger partial charge < -0.3 is 56.5 Å². The Morgan fingerprint density at radius 3 is 1.07 bits per heavy atom. The zero-order valence-electron chi connectivity index (χ0n) is 45.0. The number of fused-ring (bicyclic) bond motifs is 2. The van der Waals surface area contributed by atoms with E-state index in [2.05, 4.69) is 0 Å². The number of rotatable bonds is 15. The molecule has 0 atom stereocenters. The van der Waals surface area contributed by atoms with Crippen LogP contribution in [0.4, 0.5) is 0 Å². The summed E-state index contributed by atoms with van der Waals surface area (Å²) in [6, 6.07) is 19.0. The predicted octanol–water partition coefficient (Wildman–Crippen LogP) is 10.9. The number of hydrogen-bond donors (Lipinski definition) is 0. The topological polar surface area (TPSA) is 126 Å². The van der Waals surface area contributed by atoms with E-state index in [0.717, 1.165) is 44.5 Å². The van der Waals surface area contributed by atoms with E-state index in [1.54, 1.807) is 42.3 Å². The van der Waals surface area contributed by atoms with E-state index in [1.165, 1.54) is 0 Å². The van der Waals surface area contributed by atoms with Gasteiger partial charge in [-0.05, 0) is 174 Å². The van der Waals surface area contributed by atoms with Crippen molar-refractivity contribution in [2.24, 2.45) is 0 Å². The van der Waals surface area contributed by atoms with Gasteiger partial charge in [-0.3, -0.25) is 0 Å². The van der Waals surface area contributed by atoms with Crippen molar-refractivity contribution in [2.45, 2.75) is 109 Å². The van der Waals surface area contributed by atoms with Crippen LogP contribution in [-0.4, -0.2) is 53.2 Å². The smallest absolute Gasteiger partial charge is 0.246 e. The van der Waals surface area contributed by atoms with Crippen LogP contribution in [0.1, 0.15) is 86.1 Å². The minimum Gasteiger partial charge on any atom is -0.496 e. The average Bonchev–Trinajstić information content (AvgIpc) is 3.82. The molecule has 12 nitrogen and oxygen atoms in total. The molecule has 0 unspecified atom stereocenters. The van der Waals surface area contributed by atoms with E-state index >= 15 is 9.13 Å². The molecule has 6 aromatic rings. The first-order chi connectivity index (χ1) is 33.9. The Morgan fingerprint density at radius 1 is 0.403 bits per heavy atom. The van der Waals surface area contributed by atoms with E-state index in [1.807, 2.05) is 144 Å². The Balaban J connectivity index is 1.64. The molecule has 0 saturated heterocycles. The van der Waals surface area contributed by atoms with Crippen LogP contribution in [0.25, 0.3) is 11.1 Å². The van der Waals surface area contributed by atoms with Crippen molar-refractivity contribution in [3.63, 3.8) is 0 Å². The molecular formula is C58H68O12P2. The van der Waals surface area contributed by atoms with Gasteiger partial charge in [-0.25, -0.2) is 0 Å². The van der Waals surface area contributed by atoms with E-state index in [0.29, 0.717) is 77.5 Å². The van der Waals surface area contributed by atoms with Crippen molar-refractivity contribution in [1.82, 2.24) is 0 Å². The monoisotopic (exact) mass is 1020 g/mol. The third kappa shape index (κ3) is 8.52. The Kier molecular flexibility index (Phi) is 13.7. The van der Waals surface area contributed by atoms with E-state index in [9.17, 15) is 0 Å². The normalized spacial score (nSPS) is 14.3. The second kappa shape index (κ2) is 19.0. The molecular weight excluding hydrogens is 951 g/mol. The number of hydrogen-bond acceptors (Lipinski definition) is 12. The van der Waals surface area contributed by atoms with Gasteiger partial charge in [0.25, 0.3) is 0 Å². The molecule has 72 heavy (non-hydrogen) atoms. The van der Waals surface area contributed by atoms with Crippen LogP contribution in [0.2, 0.25) is 0 Å². The first-order valence-electron chi connectivity index (χ1n) is 24.2. The van der Waals surface area contributed by atoms with Gasteiger partial charge in [0.05, 0.1) is 47.0 Å². The molecule has 14 heteroatoms. The van der Waals surface area contributed by atoms with Gasteiger partial charge in [-0.2, -0.15) is 0 Å². The molecule has 0 aliphatic carbocycles. The van der Waals surface area contributed by atoms with E-state index < -0.39 is 25.9 Å². The summed E-state index contributed by atoms with van der Waals surface area (Å²) in [7, 11) is -1.68. The summed E-state index contributed by atoms with van der Waals surface area (Å²) < 4.78 is 99.3. The number of ether oxygens (including phenoxy) is 10. The van der Waals surface area contributed by atoms with Crippen molar-refractivity contribution in [3.8, 4) is 68.6 Å². The first-order valence-corrected chi connectivity index (χ1v) is 27.6. The standard InChI is InChI=1S/C58H68O12P2/c1-19-65-44-30-45(71(59,39-21-31(3)48(61-15)32(4)22-39)40-23-33(5)49(62-16)34(6)24-40)47(55-53(44)68-58(13,14)69-55)43-29-46(54(66-20-2)56-52(43)67-57(11,12)70-56)72(60,41-25-35(7)50(63-17)36(8)26-41)42-27-37(9)51(64-18)38(10)28-42/h21-30H,19-20H2,1-18H3. The fraction of sp³-hybridized carbons (Fsp3) is 0.379. The maximum Gasteiger partial charge on any atom is 0.246 e. The minimum atomic E-state index is -4.12. The Labute approximate surface area is 424 Å². The van der Waals surface area contributed by atoms with Crippen LogP contribution in [0.15, 0.2) is 60.7 Å². The van der Waals surface area contributed by atoms with Crippen LogP contribution < -0.4 is 79.2 Å². The van der Waals surface area contributed by atoms with Crippen molar-refractivity contribution in [2.75, 3.05) is 41.7 Å². The molecule has 0 spiro atoms.